The van der Waals surface area contributed by atoms with E-state index in [9.17, 15) is 9.59 Å². The highest BCUT2D eigenvalue weighted by Crippen LogP contribution is 2.43. The molecule has 2 unspecified atom stereocenters. The molecule has 0 radical (unpaired) electrons. The normalized spacial score (nSPS) is 20.8. The fourth-order valence-electron chi connectivity index (χ4n) is 2.97. The molecule has 0 bridgehead atoms. The van der Waals surface area contributed by atoms with Crippen molar-refractivity contribution < 1.29 is 9.59 Å². The van der Waals surface area contributed by atoms with Crippen LogP contribution in [0.4, 0.5) is 0 Å². The van der Waals surface area contributed by atoms with Gasteiger partial charge >= 0.3 is 0 Å². The molecule has 2 nitrogen and oxygen atoms in total. The van der Waals surface area contributed by atoms with Gasteiger partial charge in [0.25, 0.3) is 0 Å². The van der Waals surface area contributed by atoms with E-state index in [-0.39, 0.29) is 17.6 Å². The van der Waals surface area contributed by atoms with E-state index in [0.717, 1.165) is 28.5 Å². The molecule has 0 aromatic heterocycles. The largest absolute Gasteiger partial charge is 0.303 e. The summed E-state index contributed by atoms with van der Waals surface area (Å²) >= 11 is 0. The van der Waals surface area contributed by atoms with Crippen LogP contribution in [-0.4, -0.2) is 12.1 Å². The van der Waals surface area contributed by atoms with Crippen molar-refractivity contribution in [3.63, 3.8) is 0 Å². The van der Waals surface area contributed by atoms with E-state index < -0.39 is 0 Å². The molecule has 0 saturated carbocycles. The van der Waals surface area contributed by atoms with Gasteiger partial charge in [0.1, 0.15) is 6.29 Å². The maximum atomic E-state index is 12.6. The van der Waals surface area contributed by atoms with Gasteiger partial charge in [-0.1, -0.05) is 47.5 Å². The number of ketones is 1. The number of benzene rings is 2. The highest BCUT2D eigenvalue weighted by atomic mass is 16.1. The predicted octanol–water partition coefficient (Wildman–Crippen LogP) is 3.57. The molecule has 0 saturated heterocycles. The monoisotopic (exact) mass is 264 g/mol. The van der Waals surface area contributed by atoms with Crippen molar-refractivity contribution in [3.05, 3.63) is 70.3 Å². The van der Waals surface area contributed by atoms with Crippen LogP contribution in [0.5, 0.6) is 0 Å². The van der Waals surface area contributed by atoms with Crippen molar-refractivity contribution in [2.45, 2.75) is 25.7 Å². The summed E-state index contributed by atoms with van der Waals surface area (Å²) < 4.78 is 0. The van der Waals surface area contributed by atoms with Crippen LogP contribution in [0.2, 0.25) is 0 Å². The highest BCUT2D eigenvalue weighted by molar-refractivity contribution is 6.09. The Morgan fingerprint density at radius 2 is 1.60 bits per heavy atom. The number of hydrogen-bond donors (Lipinski definition) is 0. The zero-order valence-electron chi connectivity index (χ0n) is 11.6. The minimum Gasteiger partial charge on any atom is -0.303 e. The van der Waals surface area contributed by atoms with Crippen molar-refractivity contribution in [1.82, 2.24) is 0 Å². The van der Waals surface area contributed by atoms with Gasteiger partial charge in [-0.15, -0.1) is 0 Å². The van der Waals surface area contributed by atoms with Crippen LogP contribution >= 0.6 is 0 Å². The molecule has 0 heterocycles. The van der Waals surface area contributed by atoms with Crippen molar-refractivity contribution in [2.75, 3.05) is 0 Å². The molecule has 0 fully saturated rings. The maximum Gasteiger partial charge on any atom is 0.171 e. The lowest BCUT2D eigenvalue weighted by atomic mass is 9.87. The first-order valence-corrected chi connectivity index (χ1v) is 6.78. The zero-order valence-corrected chi connectivity index (χ0v) is 11.6. The molecule has 0 amide bonds. The number of aryl methyl sites for hydroxylation is 2. The summed E-state index contributed by atoms with van der Waals surface area (Å²) in [6, 6.07) is 13.6. The van der Waals surface area contributed by atoms with Crippen LogP contribution in [0.1, 0.15) is 44.4 Å². The zero-order chi connectivity index (χ0) is 14.3. The summed E-state index contributed by atoms with van der Waals surface area (Å²) in [5.41, 5.74) is 4.68. The summed E-state index contributed by atoms with van der Waals surface area (Å²) in [5.74, 6) is -0.671. The SMILES string of the molecule is Cc1ccc(C2C(=O)c3cc(C)ccc3C2C=O)cc1. The fourth-order valence-corrected chi connectivity index (χ4v) is 2.97. The summed E-state index contributed by atoms with van der Waals surface area (Å²) in [4.78, 5) is 24.1. The molecule has 1 aliphatic rings. The van der Waals surface area contributed by atoms with Gasteiger partial charge in [0, 0.05) is 5.56 Å². The number of rotatable bonds is 2. The quantitative estimate of drug-likeness (QED) is 0.777. The van der Waals surface area contributed by atoms with E-state index in [1.807, 2.05) is 56.3 Å². The predicted molar refractivity (Wildman–Crippen MR) is 78.2 cm³/mol. The Morgan fingerprint density at radius 1 is 0.950 bits per heavy atom. The average molecular weight is 264 g/mol. The van der Waals surface area contributed by atoms with Crippen molar-refractivity contribution in [2.24, 2.45) is 0 Å². The molecule has 0 N–H and O–H groups in total. The number of carbonyl (C=O) groups is 2. The lowest BCUT2D eigenvalue weighted by molar-refractivity contribution is -0.109. The highest BCUT2D eigenvalue weighted by Gasteiger charge is 2.40. The Labute approximate surface area is 118 Å². The van der Waals surface area contributed by atoms with E-state index >= 15 is 0 Å². The molecule has 100 valence electrons. The van der Waals surface area contributed by atoms with Crippen LogP contribution in [0.25, 0.3) is 0 Å². The second-order valence-electron chi connectivity index (χ2n) is 5.51. The van der Waals surface area contributed by atoms with Gasteiger partial charge in [-0.2, -0.15) is 0 Å². The fraction of sp³-hybridized carbons (Fsp3) is 0.222. The van der Waals surface area contributed by atoms with Gasteiger partial charge in [0.05, 0.1) is 11.8 Å². The van der Waals surface area contributed by atoms with E-state index in [1.165, 1.54) is 0 Å². The summed E-state index contributed by atoms with van der Waals surface area (Å²) in [5, 5.41) is 0. The van der Waals surface area contributed by atoms with Gasteiger partial charge in [-0.3, -0.25) is 4.79 Å². The molecule has 0 spiro atoms. The van der Waals surface area contributed by atoms with Gasteiger partial charge in [0.2, 0.25) is 0 Å². The van der Waals surface area contributed by atoms with Gasteiger partial charge in [-0.25, -0.2) is 0 Å². The van der Waals surface area contributed by atoms with E-state index in [1.54, 1.807) is 0 Å². The first kappa shape index (κ1) is 12.8. The van der Waals surface area contributed by atoms with Gasteiger partial charge in [0.15, 0.2) is 5.78 Å². The Morgan fingerprint density at radius 3 is 2.25 bits per heavy atom. The summed E-state index contributed by atoms with van der Waals surface area (Å²) in [7, 11) is 0. The van der Waals surface area contributed by atoms with E-state index in [0.29, 0.717) is 5.56 Å². The Balaban J connectivity index is 2.12. The Bertz CT molecular complexity index is 683. The topological polar surface area (TPSA) is 34.1 Å². The molecule has 20 heavy (non-hydrogen) atoms. The lowest BCUT2D eigenvalue weighted by Crippen LogP contribution is -2.12. The third-order valence-electron chi connectivity index (χ3n) is 4.06. The maximum absolute atomic E-state index is 12.6. The molecular weight excluding hydrogens is 248 g/mol. The van der Waals surface area contributed by atoms with Crippen LogP contribution in [0, 0.1) is 13.8 Å². The van der Waals surface area contributed by atoms with Gasteiger partial charge in [-0.05, 0) is 31.0 Å². The molecule has 3 rings (SSSR count). The molecule has 1 aliphatic carbocycles. The van der Waals surface area contributed by atoms with E-state index in [2.05, 4.69) is 0 Å². The second kappa shape index (κ2) is 4.71. The van der Waals surface area contributed by atoms with Gasteiger partial charge < -0.3 is 4.79 Å². The Hall–Kier alpha value is -2.22. The van der Waals surface area contributed by atoms with Crippen LogP contribution in [-0.2, 0) is 4.79 Å². The molecule has 2 aromatic rings. The van der Waals surface area contributed by atoms with Crippen LogP contribution in [0.15, 0.2) is 42.5 Å². The summed E-state index contributed by atoms with van der Waals surface area (Å²) in [6.45, 7) is 3.97. The minimum atomic E-state index is -0.370. The lowest BCUT2D eigenvalue weighted by Gasteiger charge is -2.14. The first-order chi connectivity index (χ1) is 9.61. The van der Waals surface area contributed by atoms with Crippen molar-refractivity contribution >= 4 is 12.1 Å². The van der Waals surface area contributed by atoms with E-state index in [4.69, 9.17) is 0 Å². The van der Waals surface area contributed by atoms with Crippen molar-refractivity contribution in [1.29, 1.82) is 0 Å². The van der Waals surface area contributed by atoms with Crippen molar-refractivity contribution in [3.8, 4) is 0 Å². The smallest absolute Gasteiger partial charge is 0.171 e. The molecular formula is C18H16O2. The number of aldehydes is 1. The number of hydrogen-bond acceptors (Lipinski definition) is 2. The third kappa shape index (κ3) is 1.88. The third-order valence-corrected chi connectivity index (χ3v) is 4.06. The Kier molecular flexibility index (Phi) is 3.01. The number of fused-ring (bicyclic) bond motifs is 1. The van der Waals surface area contributed by atoms with Crippen LogP contribution < -0.4 is 0 Å². The second-order valence-corrected chi connectivity index (χ2v) is 5.51. The van der Waals surface area contributed by atoms with Crippen LogP contribution in [0.3, 0.4) is 0 Å². The molecule has 2 aromatic carbocycles. The first-order valence-electron chi connectivity index (χ1n) is 6.78. The average Bonchev–Trinajstić information content (AvgIpc) is 2.72. The molecule has 0 aliphatic heterocycles. The number of Topliss-reactive ketones (excluding diaryl/α,β-unsaturated/α-hetero) is 1. The minimum absolute atomic E-state index is 0.0599. The molecule has 2 heteroatoms. The summed E-state index contributed by atoms with van der Waals surface area (Å²) in [6.07, 6.45) is 0.906. The number of carbonyl (C=O) groups excluding carboxylic acids is 2. The molecule has 2 atom stereocenters. The standard InChI is InChI=1S/C18H16O2/c1-11-3-6-13(7-4-11)17-16(10-19)14-8-5-12(2)9-15(14)18(17)20/h3-10,16-17H,1-2H3.